The topological polar surface area (TPSA) is 49.4 Å². The summed E-state index contributed by atoms with van der Waals surface area (Å²) in [6.45, 7) is 0. The quantitative estimate of drug-likeness (QED) is 0.588. The SMILES string of the molecule is CN1C(=O)NC2(CCCCS2)C1=O. The Kier molecular flexibility index (Phi) is 1.98. The van der Waals surface area contributed by atoms with E-state index in [1.807, 2.05) is 0 Å². The molecule has 2 saturated heterocycles. The molecular weight excluding hydrogens is 188 g/mol. The number of nitrogens with one attached hydrogen (secondary N) is 1. The van der Waals surface area contributed by atoms with Crippen LogP contribution in [0.15, 0.2) is 0 Å². The zero-order chi connectivity index (χ0) is 9.47. The van der Waals surface area contributed by atoms with E-state index in [-0.39, 0.29) is 11.9 Å². The van der Waals surface area contributed by atoms with E-state index in [0.29, 0.717) is 0 Å². The van der Waals surface area contributed by atoms with Crippen LogP contribution in [0.25, 0.3) is 0 Å². The van der Waals surface area contributed by atoms with Gasteiger partial charge in [0.2, 0.25) is 0 Å². The van der Waals surface area contributed by atoms with E-state index >= 15 is 0 Å². The van der Waals surface area contributed by atoms with Gasteiger partial charge in [0.15, 0.2) is 4.87 Å². The van der Waals surface area contributed by atoms with Crippen LogP contribution < -0.4 is 5.32 Å². The zero-order valence-electron chi connectivity index (χ0n) is 7.50. The number of urea groups is 1. The Hall–Kier alpha value is -0.710. The molecule has 0 aromatic carbocycles. The van der Waals surface area contributed by atoms with Crippen molar-refractivity contribution in [2.75, 3.05) is 12.8 Å². The number of nitrogens with zero attached hydrogens (tertiary/aromatic N) is 1. The molecule has 72 valence electrons. The third kappa shape index (κ3) is 1.22. The molecule has 5 heteroatoms. The van der Waals surface area contributed by atoms with Gasteiger partial charge < -0.3 is 5.32 Å². The Bertz CT molecular complexity index is 261. The van der Waals surface area contributed by atoms with Crippen LogP contribution in [0, 0.1) is 0 Å². The summed E-state index contributed by atoms with van der Waals surface area (Å²) in [5.74, 6) is 0.877. The number of hydrogen-bond acceptors (Lipinski definition) is 3. The minimum Gasteiger partial charge on any atom is -0.315 e. The molecule has 13 heavy (non-hydrogen) atoms. The maximum atomic E-state index is 11.7. The van der Waals surface area contributed by atoms with E-state index in [2.05, 4.69) is 5.32 Å². The van der Waals surface area contributed by atoms with Gasteiger partial charge in [-0.1, -0.05) is 0 Å². The molecule has 2 aliphatic rings. The molecule has 2 rings (SSSR count). The molecular formula is C8H12N2O2S. The third-order valence-electron chi connectivity index (χ3n) is 2.54. The molecule has 1 spiro atoms. The fraction of sp³-hybridized carbons (Fsp3) is 0.750. The summed E-state index contributed by atoms with van der Waals surface area (Å²) in [6, 6.07) is -0.264. The Morgan fingerprint density at radius 2 is 2.23 bits per heavy atom. The highest BCUT2D eigenvalue weighted by atomic mass is 32.2. The second-order valence-electron chi connectivity index (χ2n) is 3.43. The lowest BCUT2D eigenvalue weighted by Gasteiger charge is -2.29. The molecule has 2 heterocycles. The summed E-state index contributed by atoms with van der Waals surface area (Å²) >= 11 is 1.57. The minimum atomic E-state index is -0.621. The Morgan fingerprint density at radius 1 is 1.46 bits per heavy atom. The minimum absolute atomic E-state index is 0.0813. The average molecular weight is 200 g/mol. The van der Waals surface area contributed by atoms with Crippen LogP contribution in [-0.2, 0) is 4.79 Å². The number of thioether (sulfide) groups is 1. The number of amides is 3. The van der Waals surface area contributed by atoms with E-state index in [1.54, 1.807) is 11.8 Å². The van der Waals surface area contributed by atoms with Crippen molar-refractivity contribution in [3.05, 3.63) is 0 Å². The summed E-state index contributed by atoms with van der Waals surface area (Å²) in [5, 5.41) is 2.77. The summed E-state index contributed by atoms with van der Waals surface area (Å²) in [4.78, 5) is 23.5. The third-order valence-corrected chi connectivity index (χ3v) is 4.00. The van der Waals surface area contributed by atoms with E-state index in [1.165, 1.54) is 11.9 Å². The van der Waals surface area contributed by atoms with Gasteiger partial charge in [-0.2, -0.15) is 0 Å². The number of likely N-dealkylation sites (N-methyl/N-ethyl adjacent to an activating group) is 1. The second kappa shape index (κ2) is 2.90. The standard InChI is InChI=1S/C8H12N2O2S/c1-10-6(11)8(9-7(10)12)4-2-3-5-13-8/h2-5H2,1H3,(H,9,12). The number of carbonyl (C=O) groups excluding carboxylic acids is 2. The van der Waals surface area contributed by atoms with Gasteiger partial charge in [0.1, 0.15) is 0 Å². The zero-order valence-corrected chi connectivity index (χ0v) is 8.32. The van der Waals surface area contributed by atoms with Crippen molar-refractivity contribution in [1.82, 2.24) is 10.2 Å². The fourth-order valence-electron chi connectivity index (χ4n) is 1.74. The number of carbonyl (C=O) groups is 2. The molecule has 1 unspecified atom stereocenters. The Morgan fingerprint density at radius 3 is 2.69 bits per heavy atom. The largest absolute Gasteiger partial charge is 0.325 e. The molecule has 2 aliphatic heterocycles. The average Bonchev–Trinajstić information content (AvgIpc) is 2.33. The van der Waals surface area contributed by atoms with E-state index in [9.17, 15) is 9.59 Å². The smallest absolute Gasteiger partial charge is 0.315 e. The fourth-order valence-corrected chi connectivity index (χ4v) is 3.14. The van der Waals surface area contributed by atoms with Gasteiger partial charge in [0.05, 0.1) is 0 Å². The molecule has 1 atom stereocenters. The monoisotopic (exact) mass is 200 g/mol. The highest BCUT2D eigenvalue weighted by Crippen LogP contribution is 2.38. The van der Waals surface area contributed by atoms with E-state index in [4.69, 9.17) is 0 Å². The molecule has 3 amide bonds. The van der Waals surface area contributed by atoms with Crippen molar-refractivity contribution >= 4 is 23.7 Å². The predicted octanol–water partition coefficient (Wildman–Crippen LogP) is 0.781. The summed E-state index contributed by atoms with van der Waals surface area (Å²) in [7, 11) is 1.53. The van der Waals surface area contributed by atoms with Crippen molar-refractivity contribution in [1.29, 1.82) is 0 Å². The molecule has 0 bridgehead atoms. The number of hydrogen-bond donors (Lipinski definition) is 1. The molecule has 0 aromatic rings. The van der Waals surface area contributed by atoms with Crippen molar-refractivity contribution < 1.29 is 9.59 Å². The van der Waals surface area contributed by atoms with Gasteiger partial charge in [-0.3, -0.25) is 9.69 Å². The first-order valence-corrected chi connectivity index (χ1v) is 5.38. The maximum Gasteiger partial charge on any atom is 0.325 e. The Balaban J connectivity index is 2.23. The first-order chi connectivity index (χ1) is 6.16. The summed E-state index contributed by atoms with van der Waals surface area (Å²) in [5.41, 5.74) is 0. The lowest BCUT2D eigenvalue weighted by molar-refractivity contribution is -0.127. The van der Waals surface area contributed by atoms with Crippen LogP contribution in [0.4, 0.5) is 4.79 Å². The molecule has 0 radical (unpaired) electrons. The molecule has 0 saturated carbocycles. The number of rotatable bonds is 0. The molecule has 1 N–H and O–H groups in total. The first-order valence-electron chi connectivity index (χ1n) is 4.40. The molecule has 2 fully saturated rings. The highest BCUT2D eigenvalue weighted by Gasteiger charge is 2.50. The van der Waals surface area contributed by atoms with Crippen molar-refractivity contribution in [3.63, 3.8) is 0 Å². The van der Waals surface area contributed by atoms with Gasteiger partial charge in [0, 0.05) is 7.05 Å². The van der Waals surface area contributed by atoms with Gasteiger partial charge in [-0.25, -0.2) is 4.79 Å². The number of imide groups is 1. The first kappa shape index (κ1) is 8.87. The highest BCUT2D eigenvalue weighted by molar-refractivity contribution is 8.01. The summed E-state index contributed by atoms with van der Waals surface area (Å²) < 4.78 is 0. The van der Waals surface area contributed by atoms with Crippen molar-refractivity contribution in [2.24, 2.45) is 0 Å². The van der Waals surface area contributed by atoms with Crippen LogP contribution in [0.1, 0.15) is 19.3 Å². The van der Waals surface area contributed by atoms with Crippen molar-refractivity contribution in [2.45, 2.75) is 24.1 Å². The summed E-state index contributed by atoms with van der Waals surface area (Å²) in [6.07, 6.45) is 2.93. The lowest BCUT2D eigenvalue weighted by atomic mass is 10.1. The molecule has 0 aliphatic carbocycles. The lowest BCUT2D eigenvalue weighted by Crippen LogP contribution is -2.45. The maximum absolute atomic E-state index is 11.7. The van der Waals surface area contributed by atoms with Gasteiger partial charge in [0.25, 0.3) is 5.91 Å². The van der Waals surface area contributed by atoms with E-state index < -0.39 is 4.87 Å². The molecule has 0 aromatic heterocycles. The van der Waals surface area contributed by atoms with Gasteiger partial charge in [-0.15, -0.1) is 11.8 Å². The van der Waals surface area contributed by atoms with Crippen LogP contribution >= 0.6 is 11.8 Å². The molecule has 4 nitrogen and oxygen atoms in total. The predicted molar refractivity (Wildman–Crippen MR) is 50.3 cm³/mol. The second-order valence-corrected chi connectivity index (χ2v) is 4.82. The van der Waals surface area contributed by atoms with Crippen LogP contribution in [-0.4, -0.2) is 34.5 Å². The van der Waals surface area contributed by atoms with Crippen LogP contribution in [0.5, 0.6) is 0 Å². The van der Waals surface area contributed by atoms with E-state index in [0.717, 1.165) is 25.0 Å². The van der Waals surface area contributed by atoms with Crippen LogP contribution in [0.2, 0.25) is 0 Å². The normalized spacial score (nSPS) is 34.1. The van der Waals surface area contributed by atoms with Gasteiger partial charge >= 0.3 is 6.03 Å². The van der Waals surface area contributed by atoms with Crippen molar-refractivity contribution in [3.8, 4) is 0 Å². The van der Waals surface area contributed by atoms with Gasteiger partial charge in [-0.05, 0) is 25.0 Å². The Labute approximate surface area is 81.0 Å². The van der Waals surface area contributed by atoms with Crippen LogP contribution in [0.3, 0.4) is 0 Å².